The Bertz CT molecular complexity index is 453. The van der Waals surface area contributed by atoms with Crippen molar-refractivity contribution in [1.29, 1.82) is 0 Å². The lowest BCUT2D eigenvalue weighted by molar-refractivity contribution is -0.125. The maximum absolute atomic E-state index is 12.2. The highest BCUT2D eigenvalue weighted by molar-refractivity contribution is 5.78. The minimum atomic E-state index is -0.0773. The van der Waals surface area contributed by atoms with Crippen molar-refractivity contribution < 1.29 is 14.3 Å². The van der Waals surface area contributed by atoms with Crippen LogP contribution in [-0.4, -0.2) is 68.4 Å². The van der Waals surface area contributed by atoms with Crippen LogP contribution in [0.5, 0.6) is 0 Å². The first-order valence-corrected chi connectivity index (χ1v) is 7.67. The normalized spacial score (nSPS) is 21.8. The Labute approximate surface area is 131 Å². The average molecular weight is 307 g/mol. The molecule has 122 valence electrons. The Morgan fingerprint density at radius 3 is 3.14 bits per heavy atom. The van der Waals surface area contributed by atoms with Crippen LogP contribution >= 0.6 is 0 Å². The van der Waals surface area contributed by atoms with Gasteiger partial charge in [0.25, 0.3) is 0 Å². The predicted molar refractivity (Wildman–Crippen MR) is 83.6 cm³/mol. The number of hydrogen-bond donors (Lipinski definition) is 1. The lowest BCUT2D eigenvalue weighted by Gasteiger charge is -2.32. The first-order valence-electron chi connectivity index (χ1n) is 7.67. The van der Waals surface area contributed by atoms with E-state index in [1.165, 1.54) is 0 Å². The summed E-state index contributed by atoms with van der Waals surface area (Å²) in [6.45, 7) is 2.68. The monoisotopic (exact) mass is 307 g/mol. The SMILES string of the molecule is CN(C)CCO[C@@H]1COCC[C@H]1NC(=O)Cc1cccnc1. The highest BCUT2D eigenvalue weighted by atomic mass is 16.5. The first kappa shape index (κ1) is 16.9. The van der Waals surface area contributed by atoms with E-state index in [9.17, 15) is 4.79 Å². The standard InChI is InChI=1S/C16H25N3O3/c1-19(2)7-9-22-15-12-21-8-5-14(15)18-16(20)10-13-4-3-6-17-11-13/h3-4,6,11,14-15H,5,7-10,12H2,1-2H3,(H,18,20)/t14-,15-/m1/s1. The van der Waals surface area contributed by atoms with E-state index in [1.807, 2.05) is 26.2 Å². The second-order valence-electron chi connectivity index (χ2n) is 5.79. The third kappa shape index (κ3) is 5.71. The number of pyridine rings is 1. The van der Waals surface area contributed by atoms with Crippen LogP contribution in [0.1, 0.15) is 12.0 Å². The zero-order chi connectivity index (χ0) is 15.8. The van der Waals surface area contributed by atoms with E-state index < -0.39 is 0 Å². The third-order valence-corrected chi connectivity index (χ3v) is 3.61. The molecule has 2 heterocycles. The van der Waals surface area contributed by atoms with Crippen molar-refractivity contribution in [2.24, 2.45) is 0 Å². The molecule has 0 saturated carbocycles. The van der Waals surface area contributed by atoms with E-state index in [-0.39, 0.29) is 18.1 Å². The Kier molecular flexibility index (Phi) is 6.76. The van der Waals surface area contributed by atoms with Gasteiger partial charge in [-0.25, -0.2) is 0 Å². The molecule has 1 saturated heterocycles. The molecule has 0 unspecified atom stereocenters. The van der Waals surface area contributed by atoms with Crippen molar-refractivity contribution in [1.82, 2.24) is 15.2 Å². The number of carbonyl (C=O) groups excluding carboxylic acids is 1. The van der Waals surface area contributed by atoms with Crippen molar-refractivity contribution >= 4 is 5.91 Å². The highest BCUT2D eigenvalue weighted by Crippen LogP contribution is 2.12. The summed E-state index contributed by atoms with van der Waals surface area (Å²) in [7, 11) is 4.02. The summed E-state index contributed by atoms with van der Waals surface area (Å²) in [6, 6.07) is 3.76. The topological polar surface area (TPSA) is 63.7 Å². The number of likely N-dealkylation sites (N-methyl/N-ethyl adjacent to an activating group) is 1. The van der Waals surface area contributed by atoms with Crippen molar-refractivity contribution in [3.63, 3.8) is 0 Å². The number of nitrogens with zero attached hydrogens (tertiary/aromatic N) is 2. The van der Waals surface area contributed by atoms with Gasteiger partial charge in [-0.05, 0) is 32.1 Å². The summed E-state index contributed by atoms with van der Waals surface area (Å²) in [6.07, 6.45) is 4.47. The molecule has 6 nitrogen and oxygen atoms in total. The lowest BCUT2D eigenvalue weighted by Crippen LogP contribution is -2.50. The number of nitrogens with one attached hydrogen (secondary N) is 1. The van der Waals surface area contributed by atoms with Crippen molar-refractivity contribution in [3.8, 4) is 0 Å². The van der Waals surface area contributed by atoms with Crippen LogP contribution in [0, 0.1) is 0 Å². The average Bonchev–Trinajstić information content (AvgIpc) is 2.49. The van der Waals surface area contributed by atoms with Crippen LogP contribution in [-0.2, 0) is 20.7 Å². The second-order valence-corrected chi connectivity index (χ2v) is 5.79. The van der Waals surface area contributed by atoms with Gasteiger partial charge in [-0.3, -0.25) is 9.78 Å². The molecule has 0 bridgehead atoms. The van der Waals surface area contributed by atoms with Crippen LogP contribution in [0.25, 0.3) is 0 Å². The van der Waals surface area contributed by atoms with Crippen LogP contribution in [0.4, 0.5) is 0 Å². The summed E-state index contributed by atoms with van der Waals surface area (Å²) in [4.78, 5) is 18.3. The molecule has 0 radical (unpaired) electrons. The number of amides is 1. The third-order valence-electron chi connectivity index (χ3n) is 3.61. The van der Waals surface area contributed by atoms with Gasteiger partial charge in [0.1, 0.15) is 6.10 Å². The predicted octanol–water partition coefficient (Wildman–Crippen LogP) is 0.476. The fraction of sp³-hybridized carbons (Fsp3) is 0.625. The minimum Gasteiger partial charge on any atom is -0.379 e. The van der Waals surface area contributed by atoms with Gasteiger partial charge in [0.05, 0.1) is 25.7 Å². The minimum absolute atomic E-state index is 0.00103. The van der Waals surface area contributed by atoms with Gasteiger partial charge < -0.3 is 19.7 Å². The Balaban J connectivity index is 1.81. The van der Waals surface area contributed by atoms with E-state index >= 15 is 0 Å². The molecule has 22 heavy (non-hydrogen) atoms. The number of aromatic nitrogens is 1. The summed E-state index contributed by atoms with van der Waals surface area (Å²) >= 11 is 0. The van der Waals surface area contributed by atoms with Gasteiger partial charge in [0, 0.05) is 25.5 Å². The van der Waals surface area contributed by atoms with Gasteiger partial charge in [0.15, 0.2) is 0 Å². The number of ether oxygens (including phenoxy) is 2. The van der Waals surface area contributed by atoms with Crippen LogP contribution < -0.4 is 5.32 Å². The maximum Gasteiger partial charge on any atom is 0.224 e. The molecule has 2 atom stereocenters. The highest BCUT2D eigenvalue weighted by Gasteiger charge is 2.27. The molecule has 1 amide bonds. The first-order chi connectivity index (χ1) is 10.6. The quantitative estimate of drug-likeness (QED) is 0.794. The van der Waals surface area contributed by atoms with Gasteiger partial charge in [-0.15, -0.1) is 0 Å². The summed E-state index contributed by atoms with van der Waals surface area (Å²) in [5.41, 5.74) is 0.914. The largest absolute Gasteiger partial charge is 0.379 e. The zero-order valence-corrected chi connectivity index (χ0v) is 13.3. The molecule has 1 N–H and O–H groups in total. The van der Waals surface area contributed by atoms with Gasteiger partial charge in [0.2, 0.25) is 5.91 Å². The molecule has 1 fully saturated rings. The Morgan fingerprint density at radius 2 is 2.41 bits per heavy atom. The summed E-state index contributed by atoms with van der Waals surface area (Å²) in [5.74, 6) is 0.00103. The fourth-order valence-electron chi connectivity index (χ4n) is 2.37. The van der Waals surface area contributed by atoms with Crippen LogP contribution in [0.15, 0.2) is 24.5 Å². The number of hydrogen-bond acceptors (Lipinski definition) is 5. The van der Waals surface area contributed by atoms with Crippen molar-refractivity contribution in [2.45, 2.75) is 25.0 Å². The van der Waals surface area contributed by atoms with E-state index in [2.05, 4.69) is 15.2 Å². The van der Waals surface area contributed by atoms with E-state index in [1.54, 1.807) is 12.4 Å². The molecular formula is C16H25N3O3. The Morgan fingerprint density at radius 1 is 1.55 bits per heavy atom. The number of rotatable bonds is 7. The van der Waals surface area contributed by atoms with E-state index in [0.717, 1.165) is 18.5 Å². The molecule has 1 aromatic heterocycles. The molecule has 2 rings (SSSR count). The molecule has 0 spiro atoms. The molecular weight excluding hydrogens is 282 g/mol. The smallest absolute Gasteiger partial charge is 0.224 e. The zero-order valence-electron chi connectivity index (χ0n) is 13.3. The second kappa shape index (κ2) is 8.82. The molecule has 1 aliphatic heterocycles. The summed E-state index contributed by atoms with van der Waals surface area (Å²) in [5, 5.41) is 3.07. The molecule has 1 aliphatic rings. The van der Waals surface area contributed by atoms with Gasteiger partial charge in [-0.1, -0.05) is 6.07 Å². The van der Waals surface area contributed by atoms with Gasteiger partial charge in [-0.2, -0.15) is 0 Å². The fourth-order valence-corrected chi connectivity index (χ4v) is 2.37. The van der Waals surface area contributed by atoms with Crippen molar-refractivity contribution in [2.75, 3.05) is 40.5 Å². The summed E-state index contributed by atoms with van der Waals surface area (Å²) < 4.78 is 11.3. The molecule has 0 aliphatic carbocycles. The molecule has 6 heteroatoms. The lowest BCUT2D eigenvalue weighted by atomic mass is 10.1. The maximum atomic E-state index is 12.2. The number of carbonyl (C=O) groups is 1. The van der Waals surface area contributed by atoms with Crippen LogP contribution in [0.3, 0.4) is 0 Å². The van der Waals surface area contributed by atoms with Gasteiger partial charge >= 0.3 is 0 Å². The van der Waals surface area contributed by atoms with Crippen LogP contribution in [0.2, 0.25) is 0 Å². The van der Waals surface area contributed by atoms with E-state index in [0.29, 0.717) is 26.2 Å². The molecule has 1 aromatic rings. The van der Waals surface area contributed by atoms with Crippen molar-refractivity contribution in [3.05, 3.63) is 30.1 Å². The van der Waals surface area contributed by atoms with E-state index in [4.69, 9.17) is 9.47 Å². The molecule has 0 aromatic carbocycles. The Hall–Kier alpha value is -1.50.